The van der Waals surface area contributed by atoms with Crippen LogP contribution in [0.5, 0.6) is 0 Å². The monoisotopic (exact) mass is 225 g/mol. The van der Waals surface area contributed by atoms with Crippen molar-refractivity contribution in [1.82, 2.24) is 15.1 Å². The lowest BCUT2D eigenvalue weighted by Gasteiger charge is -2.26. The summed E-state index contributed by atoms with van der Waals surface area (Å²) in [7, 11) is 0. The Morgan fingerprint density at radius 3 is 2.50 bits per heavy atom. The van der Waals surface area contributed by atoms with Crippen LogP contribution in [0.1, 0.15) is 35.6 Å². The number of aromatic nitrogens is 2. The minimum absolute atomic E-state index is 0.0279. The van der Waals surface area contributed by atoms with Crippen LogP contribution in [-0.2, 0) is 0 Å². The van der Waals surface area contributed by atoms with Crippen LogP contribution >= 0.6 is 0 Å². The number of hydrogen-bond acceptors (Lipinski definition) is 3. The topological polar surface area (TPSA) is 69.2 Å². The van der Waals surface area contributed by atoms with E-state index < -0.39 is 0 Å². The number of aromatic amines is 1. The largest absolute Gasteiger partial charge is 0.395 e. The van der Waals surface area contributed by atoms with E-state index in [1.807, 2.05) is 20.8 Å². The molecule has 0 fully saturated rings. The van der Waals surface area contributed by atoms with E-state index in [0.717, 1.165) is 5.69 Å². The van der Waals surface area contributed by atoms with Gasteiger partial charge in [0.25, 0.3) is 5.91 Å². The number of amides is 1. The fourth-order valence-electron chi connectivity index (χ4n) is 1.71. The molecule has 5 heteroatoms. The molecule has 1 amide bonds. The zero-order valence-electron chi connectivity index (χ0n) is 10.2. The van der Waals surface area contributed by atoms with E-state index in [4.69, 9.17) is 5.11 Å². The first-order chi connectivity index (χ1) is 7.49. The van der Waals surface area contributed by atoms with Gasteiger partial charge in [0.05, 0.1) is 17.9 Å². The Bertz CT molecular complexity index is 352. The number of aliphatic hydroxyl groups excluding tert-OH is 1. The van der Waals surface area contributed by atoms with E-state index in [1.165, 1.54) is 0 Å². The third kappa shape index (κ3) is 2.41. The highest BCUT2D eigenvalue weighted by Gasteiger charge is 2.23. The molecule has 0 aliphatic carbocycles. The maximum atomic E-state index is 12.2. The van der Waals surface area contributed by atoms with Gasteiger partial charge in [-0.15, -0.1) is 0 Å². The summed E-state index contributed by atoms with van der Waals surface area (Å²) in [4.78, 5) is 13.9. The van der Waals surface area contributed by atoms with E-state index in [-0.39, 0.29) is 18.6 Å². The van der Waals surface area contributed by atoms with Crippen molar-refractivity contribution >= 4 is 5.91 Å². The number of rotatable bonds is 4. The predicted molar refractivity (Wildman–Crippen MR) is 61.3 cm³/mol. The Morgan fingerprint density at radius 2 is 2.12 bits per heavy atom. The van der Waals surface area contributed by atoms with Crippen molar-refractivity contribution in [2.45, 2.75) is 33.7 Å². The number of aliphatic hydroxyl groups is 1. The van der Waals surface area contributed by atoms with Gasteiger partial charge in [-0.2, -0.15) is 5.10 Å². The second-order valence-electron chi connectivity index (χ2n) is 4.12. The second-order valence-corrected chi connectivity index (χ2v) is 4.12. The van der Waals surface area contributed by atoms with Gasteiger partial charge in [0.1, 0.15) is 0 Å². The molecule has 1 heterocycles. The molecule has 0 aromatic carbocycles. The maximum Gasteiger partial charge on any atom is 0.257 e. The predicted octanol–water partition coefficient (Wildman–Crippen LogP) is 0.869. The van der Waals surface area contributed by atoms with E-state index in [1.54, 1.807) is 11.8 Å². The molecule has 2 N–H and O–H groups in total. The number of hydrogen-bond donors (Lipinski definition) is 2. The number of carbonyl (C=O) groups is 1. The van der Waals surface area contributed by atoms with Crippen LogP contribution in [0.15, 0.2) is 0 Å². The van der Waals surface area contributed by atoms with Crippen LogP contribution in [0, 0.1) is 13.8 Å². The number of carbonyl (C=O) groups excluding carboxylic acids is 1. The molecule has 0 aliphatic heterocycles. The van der Waals surface area contributed by atoms with Gasteiger partial charge in [-0.05, 0) is 27.7 Å². The molecule has 0 bridgehead atoms. The molecule has 0 atom stereocenters. The third-order valence-corrected chi connectivity index (χ3v) is 2.57. The molecule has 0 radical (unpaired) electrons. The Hall–Kier alpha value is -1.36. The molecule has 0 aliphatic rings. The minimum atomic E-state index is -0.0761. The first-order valence-electron chi connectivity index (χ1n) is 5.42. The molecule has 0 saturated carbocycles. The van der Waals surface area contributed by atoms with Crippen molar-refractivity contribution in [3.05, 3.63) is 17.0 Å². The SMILES string of the molecule is Cc1n[nH]c(C)c1C(=O)N(CCO)C(C)C. The molecule has 1 rings (SSSR count). The summed E-state index contributed by atoms with van der Waals surface area (Å²) >= 11 is 0. The number of aryl methyl sites for hydroxylation is 2. The standard InChI is InChI=1S/C11H19N3O2/c1-7(2)14(5-6-15)11(16)10-8(3)12-13-9(10)4/h7,15H,5-6H2,1-4H3,(H,12,13). The quantitative estimate of drug-likeness (QED) is 0.798. The molecule has 0 spiro atoms. The average molecular weight is 225 g/mol. The molecule has 1 aromatic heterocycles. The van der Waals surface area contributed by atoms with E-state index in [0.29, 0.717) is 17.8 Å². The average Bonchev–Trinajstić information content (AvgIpc) is 2.54. The summed E-state index contributed by atoms with van der Waals surface area (Å²) < 4.78 is 0. The number of nitrogens with one attached hydrogen (secondary N) is 1. The Balaban J connectivity index is 2.99. The zero-order valence-corrected chi connectivity index (χ0v) is 10.2. The summed E-state index contributed by atoms with van der Waals surface area (Å²) in [6.45, 7) is 7.80. The summed E-state index contributed by atoms with van der Waals surface area (Å²) in [5, 5.41) is 15.8. The highest BCUT2D eigenvalue weighted by Crippen LogP contribution is 2.14. The molecule has 90 valence electrons. The Labute approximate surface area is 95.5 Å². The molecular formula is C11H19N3O2. The Morgan fingerprint density at radius 1 is 1.50 bits per heavy atom. The van der Waals surface area contributed by atoms with E-state index in [2.05, 4.69) is 10.2 Å². The highest BCUT2D eigenvalue weighted by molar-refractivity contribution is 5.96. The lowest BCUT2D eigenvalue weighted by Crippen LogP contribution is -2.39. The van der Waals surface area contributed by atoms with Crippen molar-refractivity contribution in [3.8, 4) is 0 Å². The van der Waals surface area contributed by atoms with Crippen LogP contribution in [0.3, 0.4) is 0 Å². The molecule has 1 aromatic rings. The van der Waals surface area contributed by atoms with Crippen LogP contribution in [0.4, 0.5) is 0 Å². The smallest absolute Gasteiger partial charge is 0.257 e. The fourth-order valence-corrected chi connectivity index (χ4v) is 1.71. The van der Waals surface area contributed by atoms with Gasteiger partial charge < -0.3 is 10.0 Å². The van der Waals surface area contributed by atoms with Crippen molar-refractivity contribution in [1.29, 1.82) is 0 Å². The Kier molecular flexibility index (Phi) is 4.06. The fraction of sp³-hybridized carbons (Fsp3) is 0.636. The van der Waals surface area contributed by atoms with Gasteiger partial charge in [0.15, 0.2) is 0 Å². The summed E-state index contributed by atoms with van der Waals surface area (Å²) in [5.74, 6) is -0.0761. The number of H-pyrrole nitrogens is 1. The highest BCUT2D eigenvalue weighted by atomic mass is 16.3. The van der Waals surface area contributed by atoms with E-state index >= 15 is 0 Å². The first-order valence-corrected chi connectivity index (χ1v) is 5.42. The van der Waals surface area contributed by atoms with Gasteiger partial charge in [-0.25, -0.2) is 0 Å². The van der Waals surface area contributed by atoms with Crippen LogP contribution in [0.2, 0.25) is 0 Å². The van der Waals surface area contributed by atoms with Gasteiger partial charge >= 0.3 is 0 Å². The lowest BCUT2D eigenvalue weighted by atomic mass is 10.1. The van der Waals surface area contributed by atoms with Crippen LogP contribution in [0.25, 0.3) is 0 Å². The molecular weight excluding hydrogens is 206 g/mol. The maximum absolute atomic E-state index is 12.2. The third-order valence-electron chi connectivity index (χ3n) is 2.57. The van der Waals surface area contributed by atoms with Crippen LogP contribution < -0.4 is 0 Å². The summed E-state index contributed by atoms with van der Waals surface area (Å²) in [6.07, 6.45) is 0. The molecule has 5 nitrogen and oxygen atoms in total. The first kappa shape index (κ1) is 12.7. The van der Waals surface area contributed by atoms with Gasteiger partial charge in [0.2, 0.25) is 0 Å². The minimum Gasteiger partial charge on any atom is -0.395 e. The summed E-state index contributed by atoms with van der Waals surface area (Å²) in [6, 6.07) is 0.0633. The van der Waals surface area contributed by atoms with Crippen molar-refractivity contribution in [3.63, 3.8) is 0 Å². The van der Waals surface area contributed by atoms with E-state index in [9.17, 15) is 4.79 Å². The molecule has 0 saturated heterocycles. The van der Waals surface area contributed by atoms with Gasteiger partial charge in [0, 0.05) is 18.3 Å². The van der Waals surface area contributed by atoms with Crippen LogP contribution in [-0.4, -0.2) is 45.3 Å². The van der Waals surface area contributed by atoms with Crippen molar-refractivity contribution in [2.24, 2.45) is 0 Å². The van der Waals surface area contributed by atoms with Crippen molar-refractivity contribution < 1.29 is 9.90 Å². The molecule has 0 unspecified atom stereocenters. The molecule has 16 heavy (non-hydrogen) atoms. The van der Waals surface area contributed by atoms with Crippen molar-refractivity contribution in [2.75, 3.05) is 13.2 Å². The zero-order chi connectivity index (χ0) is 12.3. The second kappa shape index (κ2) is 5.12. The van der Waals surface area contributed by atoms with Gasteiger partial charge in [-0.1, -0.05) is 0 Å². The normalized spacial score (nSPS) is 10.9. The summed E-state index contributed by atoms with van der Waals surface area (Å²) in [5.41, 5.74) is 2.08. The number of nitrogens with zero attached hydrogens (tertiary/aromatic N) is 2. The lowest BCUT2D eigenvalue weighted by molar-refractivity contribution is 0.0664. The van der Waals surface area contributed by atoms with Gasteiger partial charge in [-0.3, -0.25) is 9.89 Å².